The molecule has 0 saturated heterocycles. The molecule has 0 aliphatic heterocycles. The molecular weight excluding hydrogens is 246 g/mol. The van der Waals surface area contributed by atoms with Crippen molar-refractivity contribution in [2.75, 3.05) is 13.2 Å². The molecule has 2 heteroatoms. The van der Waals surface area contributed by atoms with Gasteiger partial charge in [0, 0.05) is 17.0 Å². The van der Waals surface area contributed by atoms with E-state index >= 15 is 0 Å². The van der Waals surface area contributed by atoms with Gasteiger partial charge in [-0.05, 0) is 25.3 Å². The summed E-state index contributed by atoms with van der Waals surface area (Å²) in [5, 5.41) is 5.85. The van der Waals surface area contributed by atoms with Crippen LogP contribution in [0, 0.1) is 0 Å². The van der Waals surface area contributed by atoms with Crippen molar-refractivity contribution >= 4 is 10.8 Å². The van der Waals surface area contributed by atoms with Crippen LogP contribution in [0.5, 0.6) is 5.75 Å². The quantitative estimate of drug-likeness (QED) is 0.591. The van der Waals surface area contributed by atoms with Gasteiger partial charge in [-0.2, -0.15) is 0 Å². The largest absolute Gasteiger partial charge is 0.492 e. The van der Waals surface area contributed by atoms with Gasteiger partial charge in [0.1, 0.15) is 5.75 Å². The average Bonchev–Trinajstić information content (AvgIpc) is 2.47. The predicted octanol–water partition coefficient (Wildman–Crippen LogP) is 4.47. The lowest BCUT2D eigenvalue weighted by Gasteiger charge is -2.19. The summed E-state index contributed by atoms with van der Waals surface area (Å²) in [5.74, 6) is 0.999. The molecule has 20 heavy (non-hydrogen) atoms. The second kappa shape index (κ2) is 7.11. The van der Waals surface area contributed by atoms with Gasteiger partial charge in [0.05, 0.1) is 6.61 Å². The Morgan fingerprint density at radius 3 is 2.80 bits per heavy atom. The SMILES string of the molecule is C=CCCOc1c(C(C)NCC)ccc2ccccc12. The second-order valence-corrected chi connectivity index (χ2v) is 4.91. The fourth-order valence-electron chi connectivity index (χ4n) is 2.42. The van der Waals surface area contributed by atoms with E-state index in [1.54, 1.807) is 0 Å². The normalized spacial score (nSPS) is 12.3. The van der Waals surface area contributed by atoms with Crippen LogP contribution in [0.15, 0.2) is 49.1 Å². The third-order valence-electron chi connectivity index (χ3n) is 3.46. The monoisotopic (exact) mass is 269 g/mol. The van der Waals surface area contributed by atoms with Crippen molar-refractivity contribution in [3.05, 3.63) is 54.6 Å². The minimum Gasteiger partial charge on any atom is -0.492 e. The lowest BCUT2D eigenvalue weighted by molar-refractivity contribution is 0.322. The lowest BCUT2D eigenvalue weighted by Crippen LogP contribution is -2.18. The molecule has 0 aromatic heterocycles. The molecule has 0 aliphatic rings. The van der Waals surface area contributed by atoms with Gasteiger partial charge in [-0.15, -0.1) is 6.58 Å². The summed E-state index contributed by atoms with van der Waals surface area (Å²) in [5.41, 5.74) is 1.22. The molecule has 2 nitrogen and oxygen atoms in total. The molecule has 0 bridgehead atoms. The zero-order chi connectivity index (χ0) is 14.4. The van der Waals surface area contributed by atoms with E-state index in [0.29, 0.717) is 6.61 Å². The van der Waals surface area contributed by atoms with Crippen molar-refractivity contribution in [2.24, 2.45) is 0 Å². The molecule has 0 saturated carbocycles. The zero-order valence-electron chi connectivity index (χ0n) is 12.4. The van der Waals surface area contributed by atoms with Gasteiger partial charge < -0.3 is 10.1 Å². The highest BCUT2D eigenvalue weighted by Gasteiger charge is 2.13. The van der Waals surface area contributed by atoms with E-state index in [9.17, 15) is 0 Å². The maximum atomic E-state index is 6.05. The Morgan fingerprint density at radius 1 is 1.25 bits per heavy atom. The van der Waals surface area contributed by atoms with Gasteiger partial charge >= 0.3 is 0 Å². The molecule has 0 fully saturated rings. The first-order valence-electron chi connectivity index (χ1n) is 7.26. The number of benzene rings is 2. The summed E-state index contributed by atoms with van der Waals surface area (Å²) in [7, 11) is 0. The number of hydrogen-bond donors (Lipinski definition) is 1. The Labute approximate surface area is 121 Å². The van der Waals surface area contributed by atoms with Crippen LogP contribution in [-0.4, -0.2) is 13.2 Å². The molecule has 0 radical (unpaired) electrons. The molecule has 1 N–H and O–H groups in total. The Kier molecular flexibility index (Phi) is 5.19. The van der Waals surface area contributed by atoms with Gasteiger partial charge in [-0.1, -0.05) is 49.4 Å². The summed E-state index contributed by atoms with van der Waals surface area (Å²) in [6.07, 6.45) is 2.75. The van der Waals surface area contributed by atoms with E-state index in [0.717, 1.165) is 18.7 Å². The molecule has 2 rings (SSSR count). The van der Waals surface area contributed by atoms with E-state index in [4.69, 9.17) is 4.74 Å². The van der Waals surface area contributed by atoms with Crippen LogP contribution in [0.4, 0.5) is 0 Å². The third kappa shape index (κ3) is 3.20. The summed E-state index contributed by atoms with van der Waals surface area (Å²) in [6.45, 7) is 9.66. The van der Waals surface area contributed by atoms with Gasteiger partial charge in [-0.25, -0.2) is 0 Å². The molecule has 0 aliphatic carbocycles. The Morgan fingerprint density at radius 2 is 2.05 bits per heavy atom. The van der Waals surface area contributed by atoms with Crippen molar-refractivity contribution in [3.63, 3.8) is 0 Å². The molecule has 1 unspecified atom stereocenters. The van der Waals surface area contributed by atoms with Crippen LogP contribution in [-0.2, 0) is 0 Å². The van der Waals surface area contributed by atoms with Gasteiger partial charge in [0.2, 0.25) is 0 Å². The van der Waals surface area contributed by atoms with Crippen LogP contribution in [0.1, 0.15) is 31.9 Å². The van der Waals surface area contributed by atoms with Crippen LogP contribution in [0.3, 0.4) is 0 Å². The van der Waals surface area contributed by atoms with Crippen LogP contribution in [0.25, 0.3) is 10.8 Å². The minimum absolute atomic E-state index is 0.281. The van der Waals surface area contributed by atoms with E-state index in [1.807, 2.05) is 6.08 Å². The number of rotatable bonds is 7. The lowest BCUT2D eigenvalue weighted by atomic mass is 10.0. The highest BCUT2D eigenvalue weighted by molar-refractivity contribution is 5.89. The van der Waals surface area contributed by atoms with Crippen molar-refractivity contribution in [3.8, 4) is 5.75 Å². The van der Waals surface area contributed by atoms with E-state index in [-0.39, 0.29) is 6.04 Å². The van der Waals surface area contributed by atoms with Crippen molar-refractivity contribution in [1.29, 1.82) is 0 Å². The fraction of sp³-hybridized carbons (Fsp3) is 0.333. The van der Waals surface area contributed by atoms with Crippen LogP contribution in [0.2, 0.25) is 0 Å². The predicted molar refractivity (Wildman–Crippen MR) is 86.3 cm³/mol. The fourth-order valence-corrected chi connectivity index (χ4v) is 2.42. The maximum Gasteiger partial charge on any atom is 0.131 e. The highest BCUT2D eigenvalue weighted by Crippen LogP contribution is 2.33. The molecular formula is C18H23NO. The minimum atomic E-state index is 0.281. The van der Waals surface area contributed by atoms with Crippen LogP contribution < -0.4 is 10.1 Å². The van der Waals surface area contributed by atoms with E-state index < -0.39 is 0 Å². The second-order valence-electron chi connectivity index (χ2n) is 4.91. The topological polar surface area (TPSA) is 21.3 Å². The Balaban J connectivity index is 2.43. The summed E-state index contributed by atoms with van der Waals surface area (Å²) < 4.78 is 6.05. The Bertz CT molecular complexity index is 577. The van der Waals surface area contributed by atoms with Gasteiger partial charge in [0.25, 0.3) is 0 Å². The average molecular weight is 269 g/mol. The number of nitrogens with one attached hydrogen (secondary N) is 1. The van der Waals surface area contributed by atoms with Gasteiger partial charge in [0.15, 0.2) is 0 Å². The van der Waals surface area contributed by atoms with Crippen molar-refractivity contribution in [1.82, 2.24) is 5.32 Å². The number of hydrogen-bond acceptors (Lipinski definition) is 2. The zero-order valence-corrected chi connectivity index (χ0v) is 12.4. The molecule has 0 spiro atoms. The van der Waals surface area contributed by atoms with Crippen molar-refractivity contribution in [2.45, 2.75) is 26.3 Å². The smallest absolute Gasteiger partial charge is 0.131 e. The summed E-state index contributed by atoms with van der Waals surface area (Å²) >= 11 is 0. The molecule has 0 amide bonds. The first-order chi connectivity index (χ1) is 9.77. The standard InChI is InChI=1S/C18H23NO/c1-4-6-13-20-18-16(14(3)19-5-2)12-11-15-9-7-8-10-17(15)18/h4,7-12,14,19H,1,5-6,13H2,2-3H3. The first kappa shape index (κ1) is 14.6. The maximum absolute atomic E-state index is 6.05. The molecule has 106 valence electrons. The highest BCUT2D eigenvalue weighted by atomic mass is 16.5. The van der Waals surface area contributed by atoms with Crippen LogP contribution >= 0.6 is 0 Å². The Hall–Kier alpha value is -1.80. The number of fused-ring (bicyclic) bond motifs is 1. The molecule has 1 atom stereocenters. The first-order valence-corrected chi connectivity index (χ1v) is 7.26. The van der Waals surface area contributed by atoms with E-state index in [2.05, 4.69) is 62.1 Å². The summed E-state index contributed by atoms with van der Waals surface area (Å²) in [6, 6.07) is 13.0. The molecule has 2 aromatic carbocycles. The van der Waals surface area contributed by atoms with Crippen molar-refractivity contribution < 1.29 is 4.74 Å². The summed E-state index contributed by atoms with van der Waals surface area (Å²) in [4.78, 5) is 0. The van der Waals surface area contributed by atoms with E-state index in [1.165, 1.54) is 16.3 Å². The number of ether oxygens (including phenoxy) is 1. The molecule has 0 heterocycles. The molecule has 2 aromatic rings. The third-order valence-corrected chi connectivity index (χ3v) is 3.46. The van der Waals surface area contributed by atoms with Gasteiger partial charge in [-0.3, -0.25) is 0 Å².